The Kier molecular flexibility index (Phi) is 18.9. The molecular formula is C37H57ClN10O7. The van der Waals surface area contributed by atoms with Gasteiger partial charge in [-0.15, -0.1) is 0 Å². The van der Waals surface area contributed by atoms with E-state index in [9.17, 15) is 30.0 Å². The number of hydrogen-bond acceptors (Lipinski definition) is 14. The number of amides is 2. The van der Waals surface area contributed by atoms with Crippen molar-refractivity contribution in [3.8, 4) is 0 Å². The number of aliphatic hydroxyl groups excluding tert-OH is 5. The highest BCUT2D eigenvalue weighted by Gasteiger charge is 2.31. The number of nitrogens with zero attached hydrogens (tertiary/aromatic N) is 3. The van der Waals surface area contributed by atoms with Gasteiger partial charge in [-0.2, -0.15) is 0 Å². The minimum absolute atomic E-state index is 0.0221. The van der Waals surface area contributed by atoms with E-state index in [1.807, 2.05) is 29.2 Å². The first-order valence-electron chi connectivity index (χ1n) is 18.6. The maximum atomic E-state index is 12.4. The van der Waals surface area contributed by atoms with E-state index in [0.717, 1.165) is 66.8 Å². The van der Waals surface area contributed by atoms with E-state index in [1.54, 1.807) is 0 Å². The number of carbonyl (C=O) groups excluding carboxylic acids is 2. The molecule has 0 spiro atoms. The molecule has 15 N–H and O–H groups in total. The first-order chi connectivity index (χ1) is 26.2. The Morgan fingerprint density at radius 1 is 0.873 bits per heavy atom. The fraction of sp³-hybridized carbons (Fsp3) is 0.541. The molecule has 0 unspecified atom stereocenters. The Morgan fingerprint density at radius 3 is 2.22 bits per heavy atom. The van der Waals surface area contributed by atoms with E-state index in [-0.39, 0.29) is 35.0 Å². The summed E-state index contributed by atoms with van der Waals surface area (Å²) in [6.45, 7) is 3.26. The highest BCUT2D eigenvalue weighted by Crippen LogP contribution is 2.21. The molecule has 0 aliphatic carbocycles. The van der Waals surface area contributed by atoms with Gasteiger partial charge < -0.3 is 53.4 Å². The first-order valence-corrected chi connectivity index (χ1v) is 18.9. The van der Waals surface area contributed by atoms with Crippen molar-refractivity contribution in [1.82, 2.24) is 30.8 Å². The number of nitrogens with two attached hydrogens (primary N) is 3. The number of guanidine groups is 1. The Balaban J connectivity index is 1.48. The van der Waals surface area contributed by atoms with Crippen LogP contribution >= 0.6 is 11.6 Å². The molecule has 304 valence electrons. The number of anilines is 2. The van der Waals surface area contributed by atoms with Gasteiger partial charge in [-0.25, -0.2) is 9.97 Å². The summed E-state index contributed by atoms with van der Waals surface area (Å²) in [4.78, 5) is 34.3. The van der Waals surface area contributed by atoms with E-state index in [1.165, 1.54) is 0 Å². The predicted molar refractivity (Wildman–Crippen MR) is 212 cm³/mol. The van der Waals surface area contributed by atoms with Crippen LogP contribution in [-0.4, -0.2) is 128 Å². The molecule has 18 heteroatoms. The van der Waals surface area contributed by atoms with Crippen LogP contribution in [0.25, 0.3) is 10.8 Å². The number of primary amides is 1. The van der Waals surface area contributed by atoms with E-state index in [0.29, 0.717) is 32.6 Å². The minimum Gasteiger partial charge on any atom is -0.394 e. The molecule has 2 aromatic carbocycles. The number of fused-ring (bicyclic) bond motifs is 1. The highest BCUT2D eigenvalue weighted by molar-refractivity contribution is 6.31. The number of aromatic nitrogens is 2. The van der Waals surface area contributed by atoms with Gasteiger partial charge >= 0.3 is 0 Å². The van der Waals surface area contributed by atoms with Crippen molar-refractivity contribution in [3.05, 3.63) is 58.4 Å². The fourth-order valence-electron chi connectivity index (χ4n) is 6.02. The number of nitrogen functional groups attached to an aromatic ring is 2. The molecule has 55 heavy (non-hydrogen) atoms. The quantitative estimate of drug-likeness (QED) is 0.0324. The second-order valence-electron chi connectivity index (χ2n) is 13.6. The lowest BCUT2D eigenvalue weighted by Gasteiger charge is -2.31. The van der Waals surface area contributed by atoms with Crippen molar-refractivity contribution in [2.75, 3.05) is 50.8 Å². The second-order valence-corrected chi connectivity index (χ2v) is 14.0. The van der Waals surface area contributed by atoms with Gasteiger partial charge in [-0.05, 0) is 60.5 Å². The van der Waals surface area contributed by atoms with E-state index >= 15 is 0 Å². The van der Waals surface area contributed by atoms with Crippen molar-refractivity contribution in [2.45, 2.75) is 88.7 Å². The van der Waals surface area contributed by atoms with Crippen LogP contribution in [0.5, 0.6) is 0 Å². The van der Waals surface area contributed by atoms with E-state index in [2.05, 4.69) is 45.0 Å². The number of unbranched alkanes of at least 4 members (excludes halogenated alkanes) is 4. The molecule has 0 bridgehead atoms. The summed E-state index contributed by atoms with van der Waals surface area (Å²) < 4.78 is 0. The number of aliphatic hydroxyl groups is 5. The van der Waals surface area contributed by atoms with Crippen molar-refractivity contribution >= 4 is 51.8 Å². The van der Waals surface area contributed by atoms with Crippen LogP contribution in [0.1, 0.15) is 67.1 Å². The van der Waals surface area contributed by atoms with Crippen LogP contribution in [0.2, 0.25) is 5.15 Å². The third kappa shape index (κ3) is 14.8. The number of rotatable bonds is 24. The lowest BCUT2D eigenvalue weighted by Crippen LogP contribution is -2.51. The minimum atomic E-state index is -1.70. The first kappa shape index (κ1) is 45.2. The molecule has 0 aliphatic heterocycles. The van der Waals surface area contributed by atoms with Gasteiger partial charge in [0, 0.05) is 26.2 Å². The van der Waals surface area contributed by atoms with Crippen molar-refractivity contribution in [2.24, 2.45) is 5.73 Å². The molecule has 0 saturated heterocycles. The molecule has 5 atom stereocenters. The van der Waals surface area contributed by atoms with E-state index in [4.69, 9.17) is 39.3 Å². The normalized spacial score (nSPS) is 14.3. The average Bonchev–Trinajstić information content (AvgIpc) is 3.15. The van der Waals surface area contributed by atoms with Crippen molar-refractivity contribution < 1.29 is 35.1 Å². The molecule has 17 nitrogen and oxygen atoms in total. The topological polar surface area (TPSA) is 302 Å². The predicted octanol–water partition coefficient (Wildman–Crippen LogP) is 0.0289. The number of halogens is 1. The van der Waals surface area contributed by atoms with Crippen LogP contribution in [0.15, 0.2) is 36.4 Å². The van der Waals surface area contributed by atoms with Crippen LogP contribution in [-0.2, 0) is 17.6 Å². The Hall–Kier alpha value is -4.20. The van der Waals surface area contributed by atoms with Gasteiger partial charge in [0.15, 0.2) is 28.4 Å². The summed E-state index contributed by atoms with van der Waals surface area (Å²) >= 11 is 5.83. The van der Waals surface area contributed by atoms with Gasteiger partial charge in [0.1, 0.15) is 18.3 Å². The van der Waals surface area contributed by atoms with Crippen LogP contribution in [0, 0.1) is 5.41 Å². The van der Waals surface area contributed by atoms with Gasteiger partial charge in [0.05, 0.1) is 18.8 Å². The number of carbonyl (C=O) groups is 2. The molecule has 0 aliphatic rings. The van der Waals surface area contributed by atoms with Gasteiger partial charge in [0.2, 0.25) is 5.91 Å². The third-order valence-corrected chi connectivity index (χ3v) is 9.50. The lowest BCUT2D eigenvalue weighted by molar-refractivity contribution is -0.120. The molecule has 1 aromatic heterocycles. The maximum absolute atomic E-state index is 12.4. The Bertz CT molecular complexity index is 1700. The smallest absolute Gasteiger partial charge is 0.280 e. The summed E-state index contributed by atoms with van der Waals surface area (Å²) in [6.07, 6.45) is 0.407. The SMILES string of the molecule is CCCCCCN(CCN[C@@H](Cc1ccc2cc(CCCCNC(=N)NC(=O)c3nc(Cl)c(N)nc3N)ccc2c1)C(N)=O)C[C@H](O)[C@@H](O)[C@H](O)[C@H](O)CO. The maximum Gasteiger partial charge on any atom is 0.280 e. The van der Waals surface area contributed by atoms with Gasteiger partial charge in [-0.3, -0.25) is 25.2 Å². The number of benzene rings is 2. The molecular weight excluding hydrogens is 732 g/mol. The van der Waals surface area contributed by atoms with Crippen LogP contribution < -0.4 is 33.2 Å². The summed E-state index contributed by atoms with van der Waals surface area (Å²) in [5.41, 5.74) is 18.9. The molecule has 0 fully saturated rings. The third-order valence-electron chi connectivity index (χ3n) is 9.22. The number of nitrogens with one attached hydrogen (secondary N) is 4. The number of aryl methyl sites for hydroxylation is 1. The summed E-state index contributed by atoms with van der Waals surface area (Å²) in [5.74, 6) is -1.72. The fourth-order valence-corrected chi connectivity index (χ4v) is 6.15. The highest BCUT2D eigenvalue weighted by atomic mass is 35.5. The zero-order valence-corrected chi connectivity index (χ0v) is 32.0. The molecule has 3 aromatic rings. The molecule has 0 radical (unpaired) electrons. The van der Waals surface area contributed by atoms with Crippen molar-refractivity contribution in [1.29, 1.82) is 5.41 Å². The molecule has 3 rings (SSSR count). The van der Waals surface area contributed by atoms with Crippen LogP contribution in [0.4, 0.5) is 11.6 Å². The molecule has 1 heterocycles. The largest absolute Gasteiger partial charge is 0.394 e. The summed E-state index contributed by atoms with van der Waals surface area (Å²) in [7, 11) is 0. The van der Waals surface area contributed by atoms with Crippen molar-refractivity contribution in [3.63, 3.8) is 0 Å². The summed E-state index contributed by atoms with van der Waals surface area (Å²) in [6, 6.07) is 11.6. The lowest BCUT2D eigenvalue weighted by atomic mass is 9.98. The number of hydrogen-bond donors (Lipinski definition) is 12. The zero-order chi connectivity index (χ0) is 40.5. The van der Waals surface area contributed by atoms with Gasteiger partial charge in [0.25, 0.3) is 5.91 Å². The van der Waals surface area contributed by atoms with Gasteiger partial charge in [-0.1, -0.05) is 74.2 Å². The van der Waals surface area contributed by atoms with Crippen LogP contribution in [0.3, 0.4) is 0 Å². The zero-order valence-electron chi connectivity index (χ0n) is 31.3. The average molecular weight is 789 g/mol. The Labute approximate surface area is 326 Å². The molecule has 0 saturated carbocycles. The standard InChI is InChI=1S/C37H57ClN10O7/c1-2-3-4-7-15-48(20-27(50)30(52)31(53)28(51)21-49)16-14-43-26(35(41)54)19-23-10-12-24-17-22(9-11-25(24)18-23)8-5-6-13-44-37(42)47-36(55)29-33(39)46-34(40)32(38)45-29/h9-12,17-18,26-28,30-31,43,49-53H,2-8,13-16,19-21H2,1H3,(H2,41,54)(H4,39,40,46)(H3,42,44,47,55)/t26-,27-,28+,30+,31+/m0/s1. The summed E-state index contributed by atoms with van der Waals surface area (Å²) in [5, 5.41) is 68.1. The Morgan fingerprint density at radius 2 is 1.55 bits per heavy atom. The monoisotopic (exact) mass is 788 g/mol. The van der Waals surface area contributed by atoms with E-state index < -0.39 is 48.9 Å². The molecule has 2 amide bonds. The second kappa shape index (κ2) is 23.0.